The Morgan fingerprint density at radius 1 is 1.08 bits per heavy atom. The number of hydrogen-bond donors (Lipinski definition) is 0. The average Bonchev–Trinajstić information content (AvgIpc) is 2.60. The van der Waals surface area contributed by atoms with E-state index >= 15 is 0 Å². The summed E-state index contributed by atoms with van der Waals surface area (Å²) in [5.74, 6) is 1.04. The molecule has 7 nitrogen and oxygen atoms in total. The van der Waals surface area contributed by atoms with Crippen molar-refractivity contribution in [2.45, 2.75) is 0 Å². The van der Waals surface area contributed by atoms with Crippen LogP contribution in [0.4, 0.5) is 5.69 Å². The fraction of sp³-hybridized carbons (Fsp3) is 0.118. The Morgan fingerprint density at radius 3 is 2.54 bits per heavy atom. The van der Waals surface area contributed by atoms with Crippen molar-refractivity contribution in [3.63, 3.8) is 0 Å². The summed E-state index contributed by atoms with van der Waals surface area (Å²) in [6.07, 6.45) is 0. The molecule has 0 radical (unpaired) electrons. The van der Waals surface area contributed by atoms with Crippen molar-refractivity contribution >= 4 is 16.7 Å². The summed E-state index contributed by atoms with van der Waals surface area (Å²) in [6, 6.07) is 10.3. The number of ether oxygens (including phenoxy) is 2. The largest absolute Gasteiger partial charge is 0.496 e. The standard InChI is InChI=1S/C17H13NO6/c1-22-12-7-15(23-2)17-13(19)9-14(24-16(17)8-12)10-4-3-5-11(6-10)18(20)21/h3-9H,1-2H3. The van der Waals surface area contributed by atoms with Crippen LogP contribution in [-0.2, 0) is 0 Å². The molecule has 3 rings (SSSR count). The summed E-state index contributed by atoms with van der Waals surface area (Å²) >= 11 is 0. The second kappa shape index (κ2) is 6.04. The molecule has 3 aromatic rings. The first-order chi connectivity index (χ1) is 11.5. The van der Waals surface area contributed by atoms with E-state index in [-0.39, 0.29) is 27.8 Å². The number of rotatable bonds is 4. The number of benzene rings is 2. The van der Waals surface area contributed by atoms with Crippen LogP contribution in [0.2, 0.25) is 0 Å². The highest BCUT2D eigenvalue weighted by atomic mass is 16.6. The molecular weight excluding hydrogens is 314 g/mol. The Bertz CT molecular complexity index is 992. The van der Waals surface area contributed by atoms with Gasteiger partial charge in [-0.25, -0.2) is 0 Å². The fourth-order valence-electron chi connectivity index (χ4n) is 2.42. The van der Waals surface area contributed by atoms with Crippen molar-refractivity contribution in [1.29, 1.82) is 0 Å². The molecule has 0 bridgehead atoms. The highest BCUT2D eigenvalue weighted by molar-refractivity contribution is 5.86. The molecule has 0 aliphatic rings. The predicted octanol–water partition coefficient (Wildman–Crippen LogP) is 3.39. The molecule has 0 saturated carbocycles. The fourth-order valence-corrected chi connectivity index (χ4v) is 2.42. The Kier molecular flexibility index (Phi) is 3.91. The van der Waals surface area contributed by atoms with Gasteiger partial charge >= 0.3 is 0 Å². The minimum absolute atomic E-state index is 0.0848. The van der Waals surface area contributed by atoms with Crippen LogP contribution in [0.5, 0.6) is 11.5 Å². The van der Waals surface area contributed by atoms with Crippen molar-refractivity contribution < 1.29 is 18.8 Å². The molecule has 0 saturated heterocycles. The number of nitrogens with zero attached hydrogens (tertiary/aromatic N) is 1. The zero-order chi connectivity index (χ0) is 17.3. The number of non-ortho nitro benzene ring substituents is 1. The van der Waals surface area contributed by atoms with Crippen LogP contribution >= 0.6 is 0 Å². The van der Waals surface area contributed by atoms with E-state index in [0.29, 0.717) is 17.1 Å². The highest BCUT2D eigenvalue weighted by Gasteiger charge is 2.15. The average molecular weight is 327 g/mol. The van der Waals surface area contributed by atoms with Crippen LogP contribution in [-0.4, -0.2) is 19.1 Å². The molecule has 7 heteroatoms. The lowest BCUT2D eigenvalue weighted by Crippen LogP contribution is -2.03. The van der Waals surface area contributed by atoms with Gasteiger partial charge in [0.25, 0.3) is 5.69 Å². The third-order valence-electron chi connectivity index (χ3n) is 3.57. The zero-order valence-corrected chi connectivity index (χ0v) is 12.9. The SMILES string of the molecule is COc1cc(OC)c2c(=O)cc(-c3cccc([N+](=O)[O-])c3)oc2c1. The lowest BCUT2D eigenvalue weighted by molar-refractivity contribution is -0.384. The van der Waals surface area contributed by atoms with Gasteiger partial charge in [-0.05, 0) is 0 Å². The topological polar surface area (TPSA) is 91.8 Å². The Hall–Kier alpha value is -3.35. The van der Waals surface area contributed by atoms with E-state index in [0.717, 1.165) is 0 Å². The maximum atomic E-state index is 12.5. The Morgan fingerprint density at radius 2 is 1.88 bits per heavy atom. The number of hydrogen-bond acceptors (Lipinski definition) is 6. The molecule has 0 atom stereocenters. The summed E-state index contributed by atoms with van der Waals surface area (Å²) in [7, 11) is 2.94. The predicted molar refractivity (Wildman–Crippen MR) is 87.7 cm³/mol. The van der Waals surface area contributed by atoms with E-state index in [1.54, 1.807) is 18.2 Å². The van der Waals surface area contributed by atoms with Gasteiger partial charge in [-0.3, -0.25) is 14.9 Å². The molecule has 1 aromatic heterocycles. The van der Waals surface area contributed by atoms with Crippen LogP contribution in [0, 0.1) is 10.1 Å². The zero-order valence-electron chi connectivity index (χ0n) is 12.9. The van der Waals surface area contributed by atoms with E-state index in [2.05, 4.69) is 0 Å². The molecule has 0 aliphatic heterocycles. The summed E-state index contributed by atoms with van der Waals surface area (Å²) in [6.45, 7) is 0. The minimum atomic E-state index is -0.505. The van der Waals surface area contributed by atoms with Crippen molar-refractivity contribution in [3.05, 3.63) is 62.8 Å². The lowest BCUT2D eigenvalue weighted by atomic mass is 10.1. The van der Waals surface area contributed by atoms with Gasteiger partial charge < -0.3 is 13.9 Å². The van der Waals surface area contributed by atoms with Gasteiger partial charge in [0.2, 0.25) is 0 Å². The third-order valence-corrected chi connectivity index (χ3v) is 3.57. The van der Waals surface area contributed by atoms with Crippen molar-refractivity contribution in [2.24, 2.45) is 0 Å². The van der Waals surface area contributed by atoms with Gasteiger partial charge in [0.05, 0.1) is 19.1 Å². The van der Waals surface area contributed by atoms with Crippen molar-refractivity contribution in [3.8, 4) is 22.8 Å². The Balaban J connectivity index is 2.26. The molecule has 0 fully saturated rings. The lowest BCUT2D eigenvalue weighted by Gasteiger charge is -2.09. The maximum Gasteiger partial charge on any atom is 0.270 e. The first kappa shape index (κ1) is 15.5. The van der Waals surface area contributed by atoms with Gasteiger partial charge in [-0.2, -0.15) is 0 Å². The first-order valence-corrected chi connectivity index (χ1v) is 6.98. The number of methoxy groups -OCH3 is 2. The molecule has 122 valence electrons. The smallest absolute Gasteiger partial charge is 0.270 e. The van der Waals surface area contributed by atoms with Gasteiger partial charge in [-0.15, -0.1) is 0 Å². The third kappa shape index (κ3) is 2.67. The van der Waals surface area contributed by atoms with Gasteiger partial charge in [-0.1, -0.05) is 12.1 Å². The number of nitro groups is 1. The molecular formula is C17H13NO6. The molecule has 2 aromatic carbocycles. The Labute approximate surface area is 136 Å². The summed E-state index contributed by atoms with van der Waals surface area (Å²) in [4.78, 5) is 22.9. The maximum absolute atomic E-state index is 12.5. The quantitative estimate of drug-likeness (QED) is 0.539. The van der Waals surface area contributed by atoms with Crippen LogP contribution in [0.3, 0.4) is 0 Å². The van der Waals surface area contributed by atoms with E-state index < -0.39 is 4.92 Å². The second-order valence-corrected chi connectivity index (χ2v) is 4.99. The van der Waals surface area contributed by atoms with E-state index in [1.807, 2.05) is 0 Å². The number of nitro benzene ring substituents is 1. The molecule has 0 unspecified atom stereocenters. The second-order valence-electron chi connectivity index (χ2n) is 4.99. The molecule has 0 N–H and O–H groups in total. The molecule has 0 aliphatic carbocycles. The minimum Gasteiger partial charge on any atom is -0.496 e. The molecule has 1 heterocycles. The normalized spacial score (nSPS) is 10.6. The first-order valence-electron chi connectivity index (χ1n) is 6.98. The molecule has 24 heavy (non-hydrogen) atoms. The van der Waals surface area contributed by atoms with Crippen LogP contribution in [0.25, 0.3) is 22.3 Å². The van der Waals surface area contributed by atoms with Gasteiger partial charge in [0.1, 0.15) is 28.2 Å². The van der Waals surface area contributed by atoms with E-state index in [9.17, 15) is 14.9 Å². The van der Waals surface area contributed by atoms with E-state index in [4.69, 9.17) is 13.9 Å². The van der Waals surface area contributed by atoms with Crippen LogP contribution in [0.1, 0.15) is 0 Å². The van der Waals surface area contributed by atoms with Crippen LogP contribution in [0.15, 0.2) is 51.7 Å². The van der Waals surface area contributed by atoms with Crippen molar-refractivity contribution in [2.75, 3.05) is 14.2 Å². The summed E-state index contributed by atoms with van der Waals surface area (Å²) < 4.78 is 16.2. The summed E-state index contributed by atoms with van der Waals surface area (Å²) in [5, 5.41) is 11.2. The highest BCUT2D eigenvalue weighted by Crippen LogP contribution is 2.32. The monoisotopic (exact) mass is 327 g/mol. The molecule has 0 amide bonds. The van der Waals surface area contributed by atoms with Gasteiger partial charge in [0, 0.05) is 35.9 Å². The van der Waals surface area contributed by atoms with Gasteiger partial charge in [0.15, 0.2) is 5.43 Å². The molecule has 0 spiro atoms. The summed E-state index contributed by atoms with van der Waals surface area (Å²) in [5.41, 5.74) is 0.320. The van der Waals surface area contributed by atoms with Crippen molar-refractivity contribution in [1.82, 2.24) is 0 Å². The number of fused-ring (bicyclic) bond motifs is 1. The van der Waals surface area contributed by atoms with Crippen LogP contribution < -0.4 is 14.9 Å². The van der Waals surface area contributed by atoms with E-state index in [1.165, 1.54) is 38.5 Å².